The molecule has 1 saturated heterocycles. The molecular formula is C17H20NOP. The van der Waals surface area contributed by atoms with Gasteiger partial charge >= 0.3 is 0 Å². The maximum absolute atomic E-state index is 13.9. The van der Waals surface area contributed by atoms with Crippen LogP contribution in [0.5, 0.6) is 0 Å². The van der Waals surface area contributed by atoms with E-state index in [1.165, 1.54) is 0 Å². The van der Waals surface area contributed by atoms with E-state index < -0.39 is 7.14 Å². The van der Waals surface area contributed by atoms with Crippen LogP contribution < -0.4 is 10.6 Å². The Bertz CT molecular complexity index is 580. The first-order valence-electron chi connectivity index (χ1n) is 7.10. The topological polar surface area (TPSA) is 20.1 Å². The molecule has 3 rings (SSSR count). The Kier molecular flexibility index (Phi) is 3.54. The second-order valence-corrected chi connectivity index (χ2v) is 8.55. The summed E-state index contributed by atoms with van der Waals surface area (Å²) in [5, 5.41) is 1.94. The molecule has 0 aliphatic carbocycles. The van der Waals surface area contributed by atoms with Crippen LogP contribution in [-0.4, -0.2) is 23.3 Å². The van der Waals surface area contributed by atoms with Gasteiger partial charge in [-0.05, 0) is 13.8 Å². The van der Waals surface area contributed by atoms with Gasteiger partial charge in [-0.15, -0.1) is 0 Å². The van der Waals surface area contributed by atoms with Crippen molar-refractivity contribution in [2.45, 2.75) is 25.7 Å². The van der Waals surface area contributed by atoms with Gasteiger partial charge in [-0.2, -0.15) is 0 Å². The van der Waals surface area contributed by atoms with Gasteiger partial charge in [0.25, 0.3) is 0 Å². The fourth-order valence-electron chi connectivity index (χ4n) is 2.81. The highest BCUT2D eigenvalue weighted by atomic mass is 31.2. The molecule has 0 amide bonds. The second-order valence-electron chi connectivity index (χ2n) is 5.60. The van der Waals surface area contributed by atoms with Gasteiger partial charge in [-0.25, -0.2) is 0 Å². The summed E-state index contributed by atoms with van der Waals surface area (Å²) >= 11 is 0. The Labute approximate surface area is 120 Å². The predicted octanol–water partition coefficient (Wildman–Crippen LogP) is 3.05. The molecule has 1 fully saturated rings. The Hall–Kier alpha value is -1.37. The van der Waals surface area contributed by atoms with Crippen LogP contribution >= 0.6 is 7.14 Å². The quantitative estimate of drug-likeness (QED) is 0.635. The van der Waals surface area contributed by atoms with E-state index >= 15 is 0 Å². The average molecular weight is 285 g/mol. The first-order valence-corrected chi connectivity index (χ1v) is 8.88. The van der Waals surface area contributed by atoms with Gasteiger partial charge in [0.15, 0.2) is 7.14 Å². The van der Waals surface area contributed by atoms with E-state index in [0.29, 0.717) is 6.04 Å². The smallest absolute Gasteiger partial charge is 0.160 e. The maximum atomic E-state index is 13.9. The first kappa shape index (κ1) is 13.6. The third-order valence-corrected chi connectivity index (χ3v) is 7.42. The van der Waals surface area contributed by atoms with Crippen molar-refractivity contribution in [3.8, 4) is 0 Å². The van der Waals surface area contributed by atoms with Crippen LogP contribution in [0.1, 0.15) is 13.8 Å². The summed E-state index contributed by atoms with van der Waals surface area (Å²) in [6, 6.07) is 20.3. The summed E-state index contributed by atoms with van der Waals surface area (Å²) in [6.45, 7) is 5.26. The zero-order valence-corrected chi connectivity index (χ0v) is 12.8. The third kappa shape index (κ3) is 2.24. The molecule has 0 aromatic heterocycles. The van der Waals surface area contributed by atoms with Gasteiger partial charge in [0.1, 0.15) is 0 Å². The molecule has 1 aliphatic rings. The van der Waals surface area contributed by atoms with Crippen molar-refractivity contribution in [1.82, 2.24) is 4.90 Å². The van der Waals surface area contributed by atoms with Crippen LogP contribution in [0.15, 0.2) is 60.7 Å². The predicted molar refractivity (Wildman–Crippen MR) is 85.4 cm³/mol. The third-order valence-electron chi connectivity index (χ3n) is 3.99. The van der Waals surface area contributed by atoms with E-state index in [-0.39, 0.29) is 5.78 Å². The van der Waals surface area contributed by atoms with E-state index in [0.717, 1.165) is 17.2 Å². The minimum atomic E-state index is -2.57. The van der Waals surface area contributed by atoms with Crippen molar-refractivity contribution in [2.24, 2.45) is 0 Å². The van der Waals surface area contributed by atoms with Crippen molar-refractivity contribution >= 4 is 17.8 Å². The molecule has 0 N–H and O–H groups in total. The molecule has 2 atom stereocenters. The van der Waals surface area contributed by atoms with Crippen LogP contribution in [0, 0.1) is 0 Å². The highest BCUT2D eigenvalue weighted by Gasteiger charge is 2.51. The lowest BCUT2D eigenvalue weighted by molar-refractivity contribution is 0.445. The Morgan fingerprint density at radius 2 is 1.40 bits per heavy atom. The number of nitrogens with zero attached hydrogens (tertiary/aromatic N) is 1. The number of rotatable bonds is 4. The molecule has 0 bridgehead atoms. The fraction of sp³-hybridized carbons (Fsp3) is 0.294. The van der Waals surface area contributed by atoms with Gasteiger partial charge in [-0.3, -0.25) is 4.90 Å². The van der Waals surface area contributed by atoms with Crippen LogP contribution in [0.4, 0.5) is 0 Å². The van der Waals surface area contributed by atoms with Crippen molar-refractivity contribution < 1.29 is 4.57 Å². The SMILES string of the molecule is CC(C)N1CC1P(=O)(c1ccccc1)c1ccccc1. The highest BCUT2D eigenvalue weighted by Crippen LogP contribution is 2.56. The molecule has 2 nitrogen and oxygen atoms in total. The molecule has 2 aromatic carbocycles. The lowest BCUT2D eigenvalue weighted by atomic mass is 10.4. The Morgan fingerprint density at radius 1 is 0.950 bits per heavy atom. The summed E-state index contributed by atoms with van der Waals surface area (Å²) in [7, 11) is -2.57. The molecule has 1 aliphatic heterocycles. The largest absolute Gasteiger partial charge is 0.312 e. The maximum Gasteiger partial charge on any atom is 0.160 e. The monoisotopic (exact) mass is 285 g/mol. The van der Waals surface area contributed by atoms with E-state index in [1.54, 1.807) is 0 Å². The number of benzene rings is 2. The molecule has 2 aromatic rings. The lowest BCUT2D eigenvalue weighted by Crippen LogP contribution is -2.23. The number of hydrogen-bond acceptors (Lipinski definition) is 2. The second kappa shape index (κ2) is 5.20. The molecule has 0 spiro atoms. The zero-order valence-electron chi connectivity index (χ0n) is 11.9. The molecule has 104 valence electrons. The standard InChI is InChI=1S/C17H20NOP/c1-14(2)18-13-17(18)20(19,15-9-5-3-6-10-15)16-11-7-4-8-12-16/h3-12,14,17H,13H2,1-2H3. The summed E-state index contributed by atoms with van der Waals surface area (Å²) in [5.41, 5.74) is 0. The lowest BCUT2D eigenvalue weighted by Gasteiger charge is -2.20. The van der Waals surface area contributed by atoms with Crippen LogP contribution in [0.25, 0.3) is 0 Å². The average Bonchev–Trinajstić information content (AvgIpc) is 3.29. The highest BCUT2D eigenvalue weighted by molar-refractivity contribution is 7.79. The zero-order chi connectivity index (χ0) is 14.2. The first-order chi connectivity index (χ1) is 9.64. The molecule has 0 saturated carbocycles. The van der Waals surface area contributed by atoms with Crippen molar-refractivity contribution in [2.75, 3.05) is 6.54 Å². The van der Waals surface area contributed by atoms with Crippen LogP contribution in [0.3, 0.4) is 0 Å². The van der Waals surface area contributed by atoms with E-state index in [2.05, 4.69) is 18.7 Å². The van der Waals surface area contributed by atoms with Gasteiger partial charge < -0.3 is 4.57 Å². The van der Waals surface area contributed by atoms with E-state index in [4.69, 9.17) is 0 Å². The minimum absolute atomic E-state index is 0.160. The van der Waals surface area contributed by atoms with Crippen LogP contribution in [0.2, 0.25) is 0 Å². The molecule has 1 heterocycles. The van der Waals surface area contributed by atoms with Crippen molar-refractivity contribution in [3.05, 3.63) is 60.7 Å². The Balaban J connectivity index is 2.08. The molecule has 20 heavy (non-hydrogen) atoms. The summed E-state index contributed by atoms with van der Waals surface area (Å²) < 4.78 is 13.9. The van der Waals surface area contributed by atoms with Gasteiger partial charge in [0.05, 0.1) is 5.78 Å². The minimum Gasteiger partial charge on any atom is -0.312 e. The summed E-state index contributed by atoms with van der Waals surface area (Å²) in [5.74, 6) is 0.160. The van der Waals surface area contributed by atoms with E-state index in [9.17, 15) is 4.57 Å². The van der Waals surface area contributed by atoms with Gasteiger partial charge in [0, 0.05) is 23.2 Å². The van der Waals surface area contributed by atoms with Gasteiger partial charge in [-0.1, -0.05) is 60.7 Å². The molecular weight excluding hydrogens is 265 g/mol. The van der Waals surface area contributed by atoms with Gasteiger partial charge in [0.2, 0.25) is 0 Å². The molecule has 0 radical (unpaired) electrons. The Morgan fingerprint density at radius 3 is 1.75 bits per heavy atom. The molecule has 3 heteroatoms. The summed E-state index contributed by atoms with van der Waals surface area (Å²) in [4.78, 5) is 2.32. The number of hydrogen-bond donors (Lipinski definition) is 0. The van der Waals surface area contributed by atoms with Crippen LogP contribution in [-0.2, 0) is 4.57 Å². The van der Waals surface area contributed by atoms with Crippen molar-refractivity contribution in [1.29, 1.82) is 0 Å². The van der Waals surface area contributed by atoms with E-state index in [1.807, 2.05) is 60.7 Å². The van der Waals surface area contributed by atoms with Crippen molar-refractivity contribution in [3.63, 3.8) is 0 Å². The molecule has 2 unspecified atom stereocenters. The summed E-state index contributed by atoms with van der Waals surface area (Å²) in [6.07, 6.45) is 0. The normalized spacial score (nSPS) is 21.9. The fourth-order valence-corrected chi connectivity index (χ4v) is 6.13.